The smallest absolute Gasteiger partial charge is 0.271 e. The first kappa shape index (κ1) is 18.4. The number of rotatable bonds is 6. The molecule has 0 aliphatic heterocycles. The van der Waals surface area contributed by atoms with Crippen molar-refractivity contribution >= 4 is 17.4 Å². The van der Waals surface area contributed by atoms with Crippen LogP contribution in [0.4, 0.5) is 24.7 Å². The fourth-order valence-electron chi connectivity index (χ4n) is 2.29. The van der Waals surface area contributed by atoms with Gasteiger partial charge in [-0.1, -0.05) is 12.1 Å². The van der Waals surface area contributed by atoms with E-state index < -0.39 is 17.5 Å². The van der Waals surface area contributed by atoms with Gasteiger partial charge >= 0.3 is 0 Å². The molecule has 2 N–H and O–H groups in total. The summed E-state index contributed by atoms with van der Waals surface area (Å²) in [6.07, 6.45) is 3.14. The molecule has 0 aliphatic rings. The first-order chi connectivity index (χ1) is 13.0. The summed E-state index contributed by atoms with van der Waals surface area (Å²) < 4.78 is 38.9. The van der Waals surface area contributed by atoms with Crippen molar-refractivity contribution in [2.24, 2.45) is 0 Å². The Kier molecular flexibility index (Phi) is 5.65. The van der Waals surface area contributed by atoms with Gasteiger partial charge in [0, 0.05) is 18.3 Å². The highest BCUT2D eigenvalue weighted by atomic mass is 19.2. The van der Waals surface area contributed by atoms with Gasteiger partial charge in [0.15, 0.2) is 11.6 Å². The molecule has 1 amide bonds. The Labute approximate surface area is 153 Å². The number of nitrogens with one attached hydrogen (secondary N) is 2. The van der Waals surface area contributed by atoms with E-state index in [0.29, 0.717) is 18.7 Å². The molecular weight excluding hydrogens is 357 g/mol. The molecule has 0 saturated carbocycles. The Bertz CT molecular complexity index is 931. The molecule has 0 aliphatic carbocycles. The predicted molar refractivity (Wildman–Crippen MR) is 94.1 cm³/mol. The number of aromatic nitrogens is 2. The van der Waals surface area contributed by atoms with Gasteiger partial charge in [0.25, 0.3) is 5.91 Å². The maximum absolute atomic E-state index is 13.2. The summed E-state index contributed by atoms with van der Waals surface area (Å²) in [5.74, 6) is -2.35. The minimum Gasteiger partial charge on any atom is -0.350 e. The lowest BCUT2D eigenvalue weighted by Gasteiger charge is -2.07. The molecule has 0 fully saturated rings. The van der Waals surface area contributed by atoms with Crippen LogP contribution in [0.25, 0.3) is 0 Å². The van der Waals surface area contributed by atoms with E-state index in [0.717, 1.165) is 17.7 Å². The Morgan fingerprint density at radius 2 is 1.70 bits per heavy atom. The molecule has 1 heterocycles. The fourth-order valence-corrected chi connectivity index (χ4v) is 2.29. The van der Waals surface area contributed by atoms with Gasteiger partial charge in [0.2, 0.25) is 0 Å². The second-order valence-corrected chi connectivity index (χ2v) is 5.67. The van der Waals surface area contributed by atoms with Crippen LogP contribution in [0.15, 0.2) is 54.9 Å². The Morgan fingerprint density at radius 1 is 0.926 bits per heavy atom. The first-order valence-corrected chi connectivity index (χ1v) is 8.08. The van der Waals surface area contributed by atoms with Gasteiger partial charge in [-0.3, -0.25) is 4.79 Å². The lowest BCUT2D eigenvalue weighted by Crippen LogP contribution is -2.26. The third-order valence-electron chi connectivity index (χ3n) is 3.69. The van der Waals surface area contributed by atoms with Crippen LogP contribution in [0.3, 0.4) is 0 Å². The van der Waals surface area contributed by atoms with E-state index in [1.54, 1.807) is 12.1 Å². The van der Waals surface area contributed by atoms with Crippen molar-refractivity contribution in [3.8, 4) is 0 Å². The number of amides is 1. The lowest BCUT2D eigenvalue weighted by molar-refractivity contribution is 0.0949. The number of nitrogens with zero attached hydrogens (tertiary/aromatic N) is 2. The van der Waals surface area contributed by atoms with Crippen LogP contribution < -0.4 is 10.6 Å². The molecule has 5 nitrogen and oxygen atoms in total. The highest BCUT2D eigenvalue weighted by Gasteiger charge is 2.08. The predicted octanol–water partition coefficient (Wildman–Crippen LogP) is 3.61. The molecule has 3 aromatic rings. The zero-order chi connectivity index (χ0) is 19.2. The van der Waals surface area contributed by atoms with Crippen LogP contribution in [0.5, 0.6) is 0 Å². The van der Waals surface area contributed by atoms with E-state index in [1.165, 1.54) is 30.6 Å². The molecule has 0 saturated heterocycles. The number of halogens is 3. The average molecular weight is 372 g/mol. The summed E-state index contributed by atoms with van der Waals surface area (Å²) in [4.78, 5) is 20.1. The summed E-state index contributed by atoms with van der Waals surface area (Å²) in [6.45, 7) is 0.362. The average Bonchev–Trinajstić information content (AvgIpc) is 2.67. The SMILES string of the molecule is O=C(NCCc1ccc(F)cc1)c1cnc(Nc2ccc(F)c(F)c2)cn1. The quantitative estimate of drug-likeness (QED) is 0.694. The lowest BCUT2D eigenvalue weighted by atomic mass is 10.1. The van der Waals surface area contributed by atoms with Gasteiger partial charge in [0.05, 0.1) is 12.4 Å². The van der Waals surface area contributed by atoms with Crippen LogP contribution in [0.2, 0.25) is 0 Å². The van der Waals surface area contributed by atoms with E-state index in [1.807, 2.05) is 0 Å². The van der Waals surface area contributed by atoms with Gasteiger partial charge in [-0.25, -0.2) is 23.1 Å². The standard InChI is InChI=1S/C19H15F3N4O/c20-13-3-1-12(2-4-13)7-8-23-19(27)17-10-25-18(11-24-17)26-14-5-6-15(21)16(22)9-14/h1-6,9-11H,7-8H2,(H,23,27)(H,25,26). The van der Waals surface area contributed by atoms with Gasteiger partial charge in [-0.2, -0.15) is 0 Å². The van der Waals surface area contributed by atoms with E-state index >= 15 is 0 Å². The number of carbonyl (C=O) groups is 1. The van der Waals surface area contributed by atoms with E-state index in [4.69, 9.17) is 0 Å². The summed E-state index contributed by atoms with van der Waals surface area (Å²) >= 11 is 0. The molecular formula is C19H15F3N4O. The maximum Gasteiger partial charge on any atom is 0.271 e. The largest absolute Gasteiger partial charge is 0.350 e. The van der Waals surface area contributed by atoms with Gasteiger partial charge < -0.3 is 10.6 Å². The highest BCUT2D eigenvalue weighted by molar-refractivity contribution is 5.92. The first-order valence-electron chi connectivity index (χ1n) is 8.08. The molecule has 1 aromatic heterocycles. The van der Waals surface area contributed by atoms with E-state index in [9.17, 15) is 18.0 Å². The number of carbonyl (C=O) groups excluding carboxylic acids is 1. The van der Waals surface area contributed by atoms with Crippen molar-refractivity contribution in [3.05, 3.63) is 83.6 Å². The zero-order valence-corrected chi connectivity index (χ0v) is 14.0. The van der Waals surface area contributed by atoms with Crippen molar-refractivity contribution in [3.63, 3.8) is 0 Å². The summed E-state index contributed by atoms with van der Waals surface area (Å²) in [5, 5.41) is 5.46. The maximum atomic E-state index is 13.2. The van der Waals surface area contributed by atoms with Crippen molar-refractivity contribution in [2.45, 2.75) is 6.42 Å². The molecule has 138 valence electrons. The fraction of sp³-hybridized carbons (Fsp3) is 0.105. The highest BCUT2D eigenvalue weighted by Crippen LogP contribution is 2.17. The van der Waals surface area contributed by atoms with Crippen LogP contribution in [-0.2, 0) is 6.42 Å². The van der Waals surface area contributed by atoms with Crippen molar-refractivity contribution in [1.82, 2.24) is 15.3 Å². The third-order valence-corrected chi connectivity index (χ3v) is 3.69. The summed E-state index contributed by atoms with van der Waals surface area (Å²) in [6, 6.07) is 9.38. The van der Waals surface area contributed by atoms with Crippen molar-refractivity contribution in [1.29, 1.82) is 0 Å². The molecule has 3 rings (SSSR count). The van der Waals surface area contributed by atoms with Crippen molar-refractivity contribution in [2.75, 3.05) is 11.9 Å². The minimum absolute atomic E-state index is 0.116. The molecule has 27 heavy (non-hydrogen) atoms. The second-order valence-electron chi connectivity index (χ2n) is 5.67. The molecule has 0 radical (unpaired) electrons. The van der Waals surface area contributed by atoms with Crippen molar-refractivity contribution < 1.29 is 18.0 Å². The molecule has 8 heteroatoms. The number of hydrogen-bond acceptors (Lipinski definition) is 4. The van der Waals surface area contributed by atoms with Gasteiger partial charge in [-0.05, 0) is 36.2 Å². The molecule has 2 aromatic carbocycles. The number of hydrogen-bond donors (Lipinski definition) is 2. The van der Waals surface area contributed by atoms with Gasteiger partial charge in [-0.15, -0.1) is 0 Å². The molecule has 0 unspecified atom stereocenters. The number of anilines is 2. The molecule has 0 bridgehead atoms. The summed E-state index contributed by atoms with van der Waals surface area (Å²) in [5.41, 5.74) is 1.32. The Morgan fingerprint density at radius 3 is 2.37 bits per heavy atom. The Balaban J connectivity index is 1.53. The molecule has 0 atom stereocenters. The van der Waals surface area contributed by atoms with Crippen LogP contribution in [-0.4, -0.2) is 22.4 Å². The van der Waals surface area contributed by atoms with E-state index in [2.05, 4.69) is 20.6 Å². The monoisotopic (exact) mass is 372 g/mol. The number of benzene rings is 2. The third kappa shape index (κ3) is 5.04. The van der Waals surface area contributed by atoms with Gasteiger partial charge in [0.1, 0.15) is 17.3 Å². The second kappa shape index (κ2) is 8.31. The van der Waals surface area contributed by atoms with Crippen LogP contribution >= 0.6 is 0 Å². The normalized spacial score (nSPS) is 10.5. The van der Waals surface area contributed by atoms with E-state index in [-0.39, 0.29) is 17.3 Å². The van der Waals surface area contributed by atoms with Crippen LogP contribution in [0.1, 0.15) is 16.1 Å². The summed E-state index contributed by atoms with van der Waals surface area (Å²) in [7, 11) is 0. The Hall–Kier alpha value is -3.42. The topological polar surface area (TPSA) is 66.9 Å². The zero-order valence-electron chi connectivity index (χ0n) is 14.0. The minimum atomic E-state index is -0.981. The molecule has 0 spiro atoms. The van der Waals surface area contributed by atoms with Crippen LogP contribution in [0, 0.1) is 17.5 Å².